The summed E-state index contributed by atoms with van der Waals surface area (Å²) in [6.45, 7) is 1.99. The number of rotatable bonds is 4. The second kappa shape index (κ2) is 5.49. The fraction of sp³-hybridized carbons (Fsp3) is 0.308. The Bertz CT molecular complexity index is 643. The Morgan fingerprint density at radius 2 is 2.24 bits per heavy atom. The monoisotopic (exact) mass is 293 g/mol. The van der Waals surface area contributed by atoms with Gasteiger partial charge < -0.3 is 11.1 Å². The minimum atomic E-state index is -1.44. The van der Waals surface area contributed by atoms with Crippen LogP contribution in [0.25, 0.3) is 0 Å². The maximum Gasteiger partial charge on any atom is 0.305 e. The first-order chi connectivity index (χ1) is 9.85. The van der Waals surface area contributed by atoms with Crippen molar-refractivity contribution < 1.29 is 9.31 Å². The Kier molecular flexibility index (Phi) is 3.90. The minimum Gasteiger partial charge on any atom is -0.384 e. The number of nitro groups is 1. The van der Waals surface area contributed by atoms with E-state index in [1.54, 1.807) is 6.08 Å². The van der Waals surface area contributed by atoms with Gasteiger partial charge in [-0.1, -0.05) is 13.3 Å². The molecule has 0 fully saturated rings. The summed E-state index contributed by atoms with van der Waals surface area (Å²) in [5.41, 5.74) is 12.3. The van der Waals surface area contributed by atoms with Gasteiger partial charge >= 0.3 is 5.69 Å². The number of benzene rings is 1. The van der Waals surface area contributed by atoms with Crippen molar-refractivity contribution >= 4 is 11.5 Å². The number of allylic oxidation sites excluding steroid dienone is 1. The SMILES string of the molecule is CCCC1=CC(N)=NC(N)(c2ccc(F)c([N+](=O)[O-])c2)N1. The van der Waals surface area contributed by atoms with Gasteiger partial charge in [0, 0.05) is 17.3 Å². The van der Waals surface area contributed by atoms with Crippen molar-refractivity contribution in [2.75, 3.05) is 0 Å². The van der Waals surface area contributed by atoms with Crippen molar-refractivity contribution in [2.45, 2.75) is 25.6 Å². The van der Waals surface area contributed by atoms with Crippen molar-refractivity contribution in [3.05, 3.63) is 51.5 Å². The van der Waals surface area contributed by atoms with Gasteiger partial charge in [0.1, 0.15) is 5.84 Å². The number of nitrogens with zero attached hydrogens (tertiary/aromatic N) is 2. The largest absolute Gasteiger partial charge is 0.384 e. The molecule has 1 unspecified atom stereocenters. The smallest absolute Gasteiger partial charge is 0.305 e. The highest BCUT2D eigenvalue weighted by Crippen LogP contribution is 2.27. The molecule has 0 spiro atoms. The third-order valence-corrected chi connectivity index (χ3v) is 3.08. The minimum absolute atomic E-state index is 0.215. The van der Waals surface area contributed by atoms with Crippen molar-refractivity contribution in [3.8, 4) is 0 Å². The van der Waals surface area contributed by atoms with Crippen LogP contribution < -0.4 is 16.8 Å². The van der Waals surface area contributed by atoms with E-state index in [9.17, 15) is 14.5 Å². The number of amidine groups is 1. The number of nitrogens with one attached hydrogen (secondary N) is 1. The topological polar surface area (TPSA) is 120 Å². The summed E-state index contributed by atoms with van der Waals surface area (Å²) >= 11 is 0. The fourth-order valence-corrected chi connectivity index (χ4v) is 2.15. The first kappa shape index (κ1) is 14.9. The lowest BCUT2D eigenvalue weighted by Gasteiger charge is -2.32. The van der Waals surface area contributed by atoms with Gasteiger partial charge in [-0.25, -0.2) is 4.99 Å². The molecule has 7 nitrogen and oxygen atoms in total. The molecule has 1 atom stereocenters. The summed E-state index contributed by atoms with van der Waals surface area (Å²) in [6, 6.07) is 3.41. The van der Waals surface area contributed by atoms with Crippen molar-refractivity contribution in [1.82, 2.24) is 5.32 Å². The van der Waals surface area contributed by atoms with Crippen LogP contribution in [0.2, 0.25) is 0 Å². The van der Waals surface area contributed by atoms with Gasteiger partial charge in [-0.2, -0.15) is 4.39 Å². The quantitative estimate of drug-likeness (QED) is 0.573. The number of nitro benzene ring substituents is 1. The van der Waals surface area contributed by atoms with Crippen LogP contribution in [0.3, 0.4) is 0 Å². The molecule has 0 amide bonds. The Hall–Kier alpha value is -2.48. The lowest BCUT2D eigenvalue weighted by Crippen LogP contribution is -2.51. The van der Waals surface area contributed by atoms with Gasteiger partial charge in [0.25, 0.3) is 0 Å². The van der Waals surface area contributed by atoms with Crippen LogP contribution >= 0.6 is 0 Å². The summed E-state index contributed by atoms with van der Waals surface area (Å²) in [5, 5.41) is 13.8. The maximum absolute atomic E-state index is 13.4. The molecule has 112 valence electrons. The number of hydrogen-bond acceptors (Lipinski definition) is 6. The van der Waals surface area contributed by atoms with E-state index in [1.165, 1.54) is 6.07 Å². The number of aliphatic imine (C=N–C) groups is 1. The summed E-state index contributed by atoms with van der Waals surface area (Å²) < 4.78 is 13.4. The van der Waals surface area contributed by atoms with Crippen LogP contribution in [-0.4, -0.2) is 10.8 Å². The van der Waals surface area contributed by atoms with Crippen molar-refractivity contribution in [1.29, 1.82) is 0 Å². The predicted octanol–water partition coefficient (Wildman–Crippen LogP) is 1.45. The summed E-state index contributed by atoms with van der Waals surface area (Å²) in [5.74, 6) is -2.15. The van der Waals surface area contributed by atoms with Crippen molar-refractivity contribution in [3.63, 3.8) is 0 Å². The zero-order chi connectivity index (χ0) is 15.6. The Morgan fingerprint density at radius 1 is 1.52 bits per heavy atom. The average Bonchev–Trinajstić information content (AvgIpc) is 2.37. The lowest BCUT2D eigenvalue weighted by molar-refractivity contribution is -0.387. The fourth-order valence-electron chi connectivity index (χ4n) is 2.15. The molecule has 5 N–H and O–H groups in total. The first-order valence-corrected chi connectivity index (χ1v) is 6.43. The lowest BCUT2D eigenvalue weighted by atomic mass is 10.0. The maximum atomic E-state index is 13.4. The molecular formula is C13H16FN5O2. The molecule has 21 heavy (non-hydrogen) atoms. The van der Waals surface area contributed by atoms with Gasteiger partial charge in [-0.15, -0.1) is 0 Å². The molecule has 0 radical (unpaired) electrons. The molecule has 1 aliphatic heterocycles. The van der Waals surface area contributed by atoms with E-state index in [1.807, 2.05) is 6.92 Å². The highest BCUT2D eigenvalue weighted by molar-refractivity contribution is 5.93. The van der Waals surface area contributed by atoms with Crippen LogP contribution in [0.15, 0.2) is 35.0 Å². The van der Waals surface area contributed by atoms with E-state index in [0.717, 1.165) is 24.3 Å². The summed E-state index contributed by atoms with van der Waals surface area (Å²) in [7, 11) is 0. The Morgan fingerprint density at radius 3 is 2.86 bits per heavy atom. The van der Waals surface area contributed by atoms with Crippen molar-refractivity contribution in [2.24, 2.45) is 16.5 Å². The average molecular weight is 293 g/mol. The molecule has 8 heteroatoms. The molecule has 0 saturated heterocycles. The van der Waals surface area contributed by atoms with E-state index >= 15 is 0 Å². The Balaban J connectivity index is 2.44. The first-order valence-electron chi connectivity index (χ1n) is 6.43. The highest BCUT2D eigenvalue weighted by Gasteiger charge is 2.32. The zero-order valence-corrected chi connectivity index (χ0v) is 11.5. The molecule has 0 aromatic heterocycles. The molecule has 2 rings (SSSR count). The molecule has 1 aromatic carbocycles. The van der Waals surface area contributed by atoms with Gasteiger partial charge in [-0.3, -0.25) is 15.8 Å². The third-order valence-electron chi connectivity index (χ3n) is 3.08. The number of halogens is 1. The molecule has 1 aromatic rings. The van der Waals surface area contributed by atoms with Gasteiger partial charge in [-0.05, 0) is 24.6 Å². The second-order valence-corrected chi connectivity index (χ2v) is 4.77. The van der Waals surface area contributed by atoms with Gasteiger partial charge in [0.15, 0.2) is 0 Å². The van der Waals surface area contributed by atoms with Crippen LogP contribution in [0.1, 0.15) is 25.3 Å². The molecular weight excluding hydrogens is 277 g/mol. The molecule has 1 aliphatic rings. The standard InChI is InChI=1S/C13H16FN5O2/c1-2-3-9-7-12(15)18-13(16,17-9)8-4-5-10(14)11(6-8)19(20)21/h4-7,17H,2-3,16H2,1H3,(H2,15,18). The summed E-state index contributed by atoms with van der Waals surface area (Å²) in [6.07, 6.45) is 3.23. The van der Waals surface area contributed by atoms with E-state index < -0.39 is 22.2 Å². The molecule has 1 heterocycles. The van der Waals surface area contributed by atoms with E-state index in [4.69, 9.17) is 11.5 Å². The van der Waals surface area contributed by atoms with Gasteiger partial charge in [0.05, 0.1) is 4.92 Å². The van der Waals surface area contributed by atoms with E-state index in [0.29, 0.717) is 6.42 Å². The van der Waals surface area contributed by atoms with E-state index in [2.05, 4.69) is 10.3 Å². The van der Waals surface area contributed by atoms with Crippen LogP contribution in [0.5, 0.6) is 0 Å². The highest BCUT2D eigenvalue weighted by atomic mass is 19.1. The van der Waals surface area contributed by atoms with Crippen LogP contribution in [0.4, 0.5) is 10.1 Å². The molecule has 0 aliphatic carbocycles. The number of nitrogens with two attached hydrogens (primary N) is 2. The zero-order valence-electron chi connectivity index (χ0n) is 11.5. The third kappa shape index (κ3) is 3.00. The van der Waals surface area contributed by atoms with Crippen LogP contribution in [-0.2, 0) is 5.79 Å². The molecule has 0 bridgehead atoms. The van der Waals surface area contributed by atoms with Crippen LogP contribution in [0, 0.1) is 15.9 Å². The van der Waals surface area contributed by atoms with Gasteiger partial charge in [0.2, 0.25) is 11.6 Å². The predicted molar refractivity (Wildman–Crippen MR) is 76.7 cm³/mol. The second-order valence-electron chi connectivity index (χ2n) is 4.77. The number of hydrogen-bond donors (Lipinski definition) is 3. The van der Waals surface area contributed by atoms with E-state index in [-0.39, 0.29) is 11.4 Å². The summed E-state index contributed by atoms with van der Waals surface area (Å²) in [4.78, 5) is 14.1. The molecule has 0 saturated carbocycles. The normalized spacial score (nSPS) is 21.3. The Labute approximate surface area is 120 Å².